The largest absolute Gasteiger partial charge is 0.495 e. The van der Waals surface area contributed by atoms with Crippen molar-refractivity contribution in [1.82, 2.24) is 0 Å². The molecule has 1 heterocycles. The van der Waals surface area contributed by atoms with E-state index >= 15 is 0 Å². The first-order chi connectivity index (χ1) is 8.17. The number of amides is 1. The van der Waals surface area contributed by atoms with Crippen LogP contribution >= 0.6 is 15.9 Å². The minimum absolute atomic E-state index is 0.204. The lowest BCUT2D eigenvalue weighted by Crippen LogP contribution is -2.29. The van der Waals surface area contributed by atoms with Crippen LogP contribution in [0.4, 0.5) is 5.69 Å². The first kappa shape index (κ1) is 12.4. The van der Waals surface area contributed by atoms with Crippen molar-refractivity contribution in [3.8, 4) is 5.75 Å². The van der Waals surface area contributed by atoms with Crippen LogP contribution in [-0.2, 0) is 11.2 Å². The molecule has 92 valence electrons. The predicted octanol–water partition coefficient (Wildman–Crippen LogP) is 3.15. The SMILES string of the molecule is CCN1C(=O)CCCc2cc(Br)c(OC)cc21. The zero-order chi connectivity index (χ0) is 12.4. The molecule has 0 fully saturated rings. The van der Waals surface area contributed by atoms with Gasteiger partial charge in [-0.05, 0) is 47.3 Å². The third-order valence-corrected chi connectivity index (χ3v) is 3.72. The van der Waals surface area contributed by atoms with E-state index in [1.807, 2.05) is 17.9 Å². The maximum atomic E-state index is 12.0. The minimum atomic E-state index is 0.204. The summed E-state index contributed by atoms with van der Waals surface area (Å²) >= 11 is 3.49. The number of halogens is 1. The van der Waals surface area contributed by atoms with Crippen LogP contribution in [0.1, 0.15) is 25.3 Å². The van der Waals surface area contributed by atoms with Crippen LogP contribution in [0.5, 0.6) is 5.75 Å². The van der Waals surface area contributed by atoms with Crippen LogP contribution in [0.25, 0.3) is 0 Å². The Morgan fingerprint density at radius 3 is 2.82 bits per heavy atom. The average Bonchev–Trinajstić information content (AvgIpc) is 2.46. The maximum absolute atomic E-state index is 12.0. The second-order valence-corrected chi connectivity index (χ2v) is 4.96. The van der Waals surface area contributed by atoms with Crippen LogP contribution in [-0.4, -0.2) is 19.6 Å². The van der Waals surface area contributed by atoms with Crippen molar-refractivity contribution in [2.45, 2.75) is 26.2 Å². The fourth-order valence-electron chi connectivity index (χ4n) is 2.24. The minimum Gasteiger partial charge on any atom is -0.495 e. The fraction of sp³-hybridized carbons (Fsp3) is 0.462. The smallest absolute Gasteiger partial charge is 0.226 e. The van der Waals surface area contributed by atoms with E-state index in [0.29, 0.717) is 13.0 Å². The number of fused-ring (bicyclic) bond motifs is 1. The molecule has 0 aromatic heterocycles. The molecule has 3 nitrogen and oxygen atoms in total. The van der Waals surface area contributed by atoms with Crippen LogP contribution in [0, 0.1) is 0 Å². The third kappa shape index (κ3) is 2.32. The number of carbonyl (C=O) groups is 1. The Morgan fingerprint density at radius 1 is 1.41 bits per heavy atom. The first-order valence-corrected chi connectivity index (χ1v) is 6.63. The summed E-state index contributed by atoms with van der Waals surface area (Å²) in [6.07, 6.45) is 2.49. The van der Waals surface area contributed by atoms with Crippen molar-refractivity contribution in [2.75, 3.05) is 18.6 Å². The van der Waals surface area contributed by atoms with Crippen LogP contribution < -0.4 is 9.64 Å². The fourth-order valence-corrected chi connectivity index (χ4v) is 2.79. The lowest BCUT2D eigenvalue weighted by Gasteiger charge is -2.22. The van der Waals surface area contributed by atoms with E-state index in [1.165, 1.54) is 5.56 Å². The monoisotopic (exact) mass is 297 g/mol. The molecule has 1 aromatic carbocycles. The Kier molecular flexibility index (Phi) is 3.72. The van der Waals surface area contributed by atoms with E-state index in [9.17, 15) is 4.79 Å². The van der Waals surface area contributed by atoms with Gasteiger partial charge in [0.05, 0.1) is 17.3 Å². The topological polar surface area (TPSA) is 29.5 Å². The standard InChI is InChI=1S/C13H16BrNO2/c1-3-15-11-8-12(17-2)10(14)7-9(11)5-4-6-13(15)16/h7-8H,3-6H2,1-2H3. The predicted molar refractivity (Wildman–Crippen MR) is 71.7 cm³/mol. The molecule has 1 aliphatic rings. The summed E-state index contributed by atoms with van der Waals surface area (Å²) in [6, 6.07) is 4.02. The summed E-state index contributed by atoms with van der Waals surface area (Å²) in [7, 11) is 1.64. The molecule has 0 aliphatic carbocycles. The molecule has 0 spiro atoms. The Labute approximate surface area is 110 Å². The highest BCUT2D eigenvalue weighted by Gasteiger charge is 2.22. The molecule has 0 bridgehead atoms. The van der Waals surface area contributed by atoms with E-state index in [0.717, 1.165) is 28.8 Å². The number of methoxy groups -OCH3 is 1. The number of benzene rings is 1. The lowest BCUT2D eigenvalue weighted by atomic mass is 10.1. The second-order valence-electron chi connectivity index (χ2n) is 4.11. The van der Waals surface area contributed by atoms with Gasteiger partial charge in [0.25, 0.3) is 0 Å². The number of ether oxygens (including phenoxy) is 1. The highest BCUT2D eigenvalue weighted by atomic mass is 79.9. The van der Waals surface area contributed by atoms with Crippen molar-refractivity contribution in [1.29, 1.82) is 0 Å². The first-order valence-electron chi connectivity index (χ1n) is 5.84. The molecule has 2 rings (SSSR count). The van der Waals surface area contributed by atoms with Crippen molar-refractivity contribution >= 4 is 27.5 Å². The number of nitrogens with zero attached hydrogens (tertiary/aromatic N) is 1. The highest BCUT2D eigenvalue weighted by molar-refractivity contribution is 9.10. The van der Waals surface area contributed by atoms with Crippen LogP contribution in [0.2, 0.25) is 0 Å². The van der Waals surface area contributed by atoms with Gasteiger partial charge in [0.15, 0.2) is 0 Å². The summed E-state index contributed by atoms with van der Waals surface area (Å²) in [4.78, 5) is 13.8. The molecule has 17 heavy (non-hydrogen) atoms. The number of hydrogen-bond acceptors (Lipinski definition) is 2. The summed E-state index contributed by atoms with van der Waals surface area (Å²) in [5, 5.41) is 0. The number of rotatable bonds is 2. The molecule has 0 saturated carbocycles. The van der Waals surface area contributed by atoms with Gasteiger partial charge in [-0.25, -0.2) is 0 Å². The zero-order valence-electron chi connectivity index (χ0n) is 10.1. The lowest BCUT2D eigenvalue weighted by molar-refractivity contribution is -0.118. The van der Waals surface area contributed by atoms with Gasteiger partial charge in [-0.2, -0.15) is 0 Å². The zero-order valence-corrected chi connectivity index (χ0v) is 11.7. The summed E-state index contributed by atoms with van der Waals surface area (Å²) in [5.41, 5.74) is 2.21. The van der Waals surface area contributed by atoms with Crippen LogP contribution in [0.3, 0.4) is 0 Å². The van der Waals surface area contributed by atoms with E-state index in [4.69, 9.17) is 4.74 Å². The number of aryl methyl sites for hydroxylation is 1. The molecule has 1 aliphatic heterocycles. The summed E-state index contributed by atoms with van der Waals surface area (Å²) in [5.74, 6) is 0.979. The molecule has 0 radical (unpaired) electrons. The molecule has 0 unspecified atom stereocenters. The molecule has 0 N–H and O–H groups in total. The van der Waals surface area contributed by atoms with Crippen molar-refractivity contribution < 1.29 is 9.53 Å². The molecule has 1 amide bonds. The van der Waals surface area contributed by atoms with Crippen molar-refractivity contribution in [2.24, 2.45) is 0 Å². The van der Waals surface area contributed by atoms with Crippen LogP contribution in [0.15, 0.2) is 16.6 Å². The average molecular weight is 298 g/mol. The molecular formula is C13H16BrNO2. The van der Waals surface area contributed by atoms with E-state index in [1.54, 1.807) is 7.11 Å². The molecular weight excluding hydrogens is 282 g/mol. The summed E-state index contributed by atoms with van der Waals surface area (Å²) in [6.45, 7) is 2.71. The van der Waals surface area contributed by atoms with E-state index in [-0.39, 0.29) is 5.91 Å². The number of hydrogen-bond donors (Lipinski definition) is 0. The van der Waals surface area contributed by atoms with Gasteiger partial charge in [-0.3, -0.25) is 4.79 Å². The highest BCUT2D eigenvalue weighted by Crippen LogP contribution is 2.36. The van der Waals surface area contributed by atoms with Gasteiger partial charge in [-0.1, -0.05) is 0 Å². The Balaban J connectivity index is 2.53. The van der Waals surface area contributed by atoms with Gasteiger partial charge in [0.1, 0.15) is 5.75 Å². The van der Waals surface area contributed by atoms with Gasteiger partial charge < -0.3 is 9.64 Å². The van der Waals surface area contributed by atoms with Crippen molar-refractivity contribution in [3.05, 3.63) is 22.2 Å². The summed E-state index contributed by atoms with van der Waals surface area (Å²) < 4.78 is 6.24. The Hall–Kier alpha value is -1.03. The number of anilines is 1. The molecule has 0 saturated heterocycles. The molecule has 1 aromatic rings. The van der Waals surface area contributed by atoms with Gasteiger partial charge in [0, 0.05) is 19.0 Å². The van der Waals surface area contributed by atoms with Gasteiger partial charge in [0.2, 0.25) is 5.91 Å². The maximum Gasteiger partial charge on any atom is 0.226 e. The van der Waals surface area contributed by atoms with E-state index < -0.39 is 0 Å². The van der Waals surface area contributed by atoms with Crippen molar-refractivity contribution in [3.63, 3.8) is 0 Å². The Bertz CT molecular complexity index is 445. The van der Waals surface area contributed by atoms with Gasteiger partial charge >= 0.3 is 0 Å². The third-order valence-electron chi connectivity index (χ3n) is 3.10. The van der Waals surface area contributed by atoms with E-state index in [2.05, 4.69) is 22.0 Å². The quantitative estimate of drug-likeness (QED) is 0.839. The molecule has 4 heteroatoms. The van der Waals surface area contributed by atoms with Gasteiger partial charge in [-0.15, -0.1) is 0 Å². The Morgan fingerprint density at radius 2 is 2.18 bits per heavy atom. The normalized spacial score (nSPS) is 15.5. The number of carbonyl (C=O) groups excluding carboxylic acids is 1. The molecule has 0 atom stereocenters. The second kappa shape index (κ2) is 5.08.